The van der Waals surface area contributed by atoms with E-state index in [2.05, 4.69) is 5.32 Å². The SMILES string of the molecule is Cc1cccc(Oc2ccccc2NC(=O)c2csc([N+](=O)[O-])c2)c1. The van der Waals surface area contributed by atoms with Crippen LogP contribution in [0.5, 0.6) is 11.5 Å². The van der Waals surface area contributed by atoms with Crippen LogP contribution in [0.4, 0.5) is 10.7 Å². The predicted octanol–water partition coefficient (Wildman–Crippen LogP) is 5.01. The summed E-state index contributed by atoms with van der Waals surface area (Å²) < 4.78 is 5.85. The number of aryl methyl sites for hydroxylation is 1. The Morgan fingerprint density at radius 3 is 2.68 bits per heavy atom. The molecule has 0 radical (unpaired) electrons. The number of para-hydroxylation sites is 2. The summed E-state index contributed by atoms with van der Waals surface area (Å²) in [5.41, 5.74) is 1.79. The maximum Gasteiger partial charge on any atom is 0.324 e. The number of hydrogen-bond donors (Lipinski definition) is 1. The molecule has 0 bridgehead atoms. The molecule has 1 N–H and O–H groups in total. The molecule has 6 nitrogen and oxygen atoms in total. The molecule has 0 saturated carbocycles. The highest BCUT2D eigenvalue weighted by molar-refractivity contribution is 7.13. The zero-order chi connectivity index (χ0) is 17.8. The maximum atomic E-state index is 12.3. The zero-order valence-electron chi connectivity index (χ0n) is 13.3. The molecular formula is C18H14N2O4S. The van der Waals surface area contributed by atoms with Crippen molar-refractivity contribution in [3.05, 3.63) is 81.2 Å². The van der Waals surface area contributed by atoms with Gasteiger partial charge in [-0.3, -0.25) is 14.9 Å². The second-order valence-electron chi connectivity index (χ2n) is 5.30. The lowest BCUT2D eigenvalue weighted by Crippen LogP contribution is -2.11. The third-order valence-corrected chi connectivity index (χ3v) is 4.26. The third kappa shape index (κ3) is 4.02. The summed E-state index contributed by atoms with van der Waals surface area (Å²) >= 11 is 0.914. The standard InChI is InChI=1S/C18H14N2O4S/c1-12-5-4-6-14(9-12)24-16-8-3-2-7-15(16)19-18(21)13-10-17(20(22)23)25-11-13/h2-11H,1H3,(H,19,21). The lowest BCUT2D eigenvalue weighted by Gasteiger charge is -2.12. The monoisotopic (exact) mass is 354 g/mol. The Labute approximate surface area is 147 Å². The van der Waals surface area contributed by atoms with Gasteiger partial charge in [0.15, 0.2) is 5.75 Å². The fraction of sp³-hybridized carbons (Fsp3) is 0.0556. The van der Waals surface area contributed by atoms with E-state index in [0.29, 0.717) is 17.2 Å². The van der Waals surface area contributed by atoms with Crippen LogP contribution in [-0.4, -0.2) is 10.8 Å². The molecule has 25 heavy (non-hydrogen) atoms. The van der Waals surface area contributed by atoms with Crippen molar-refractivity contribution in [3.63, 3.8) is 0 Å². The van der Waals surface area contributed by atoms with Crippen LogP contribution in [0.25, 0.3) is 0 Å². The molecule has 0 saturated heterocycles. The normalized spacial score (nSPS) is 10.3. The zero-order valence-corrected chi connectivity index (χ0v) is 14.1. The van der Waals surface area contributed by atoms with Gasteiger partial charge in [-0.2, -0.15) is 0 Å². The Hall–Kier alpha value is -3.19. The number of rotatable bonds is 5. The van der Waals surface area contributed by atoms with Crippen molar-refractivity contribution in [2.45, 2.75) is 6.92 Å². The second kappa shape index (κ2) is 7.14. The van der Waals surface area contributed by atoms with Crippen LogP contribution in [0.2, 0.25) is 0 Å². The highest BCUT2D eigenvalue weighted by Crippen LogP contribution is 2.30. The second-order valence-corrected chi connectivity index (χ2v) is 6.19. The van der Waals surface area contributed by atoms with Crippen molar-refractivity contribution in [2.24, 2.45) is 0 Å². The van der Waals surface area contributed by atoms with E-state index in [0.717, 1.165) is 16.9 Å². The Kier molecular flexibility index (Phi) is 4.76. The molecule has 0 aliphatic rings. The first-order chi connectivity index (χ1) is 12.0. The molecule has 0 spiro atoms. The van der Waals surface area contributed by atoms with Crippen molar-refractivity contribution in [1.82, 2.24) is 0 Å². The Morgan fingerprint density at radius 1 is 1.16 bits per heavy atom. The molecule has 1 amide bonds. The lowest BCUT2D eigenvalue weighted by atomic mass is 10.2. The Bertz CT molecular complexity index is 936. The molecule has 0 aliphatic carbocycles. The smallest absolute Gasteiger partial charge is 0.324 e. The van der Waals surface area contributed by atoms with E-state index < -0.39 is 10.8 Å². The number of hydrogen-bond acceptors (Lipinski definition) is 5. The molecular weight excluding hydrogens is 340 g/mol. The first-order valence-electron chi connectivity index (χ1n) is 7.41. The molecule has 0 fully saturated rings. The summed E-state index contributed by atoms with van der Waals surface area (Å²) in [5.74, 6) is 0.726. The Balaban J connectivity index is 1.80. The van der Waals surface area contributed by atoms with E-state index >= 15 is 0 Å². The molecule has 1 aromatic heterocycles. The predicted molar refractivity (Wildman–Crippen MR) is 96.6 cm³/mol. The quantitative estimate of drug-likeness (QED) is 0.516. The maximum absolute atomic E-state index is 12.3. The summed E-state index contributed by atoms with van der Waals surface area (Å²) in [4.78, 5) is 22.6. The van der Waals surface area contributed by atoms with E-state index in [4.69, 9.17) is 4.74 Å². The van der Waals surface area contributed by atoms with Gasteiger partial charge in [-0.05, 0) is 36.8 Å². The number of ether oxygens (including phenoxy) is 1. The molecule has 126 valence electrons. The average Bonchev–Trinajstić information content (AvgIpc) is 3.07. The van der Waals surface area contributed by atoms with Gasteiger partial charge < -0.3 is 10.1 Å². The van der Waals surface area contributed by atoms with E-state index in [1.165, 1.54) is 11.4 Å². The summed E-state index contributed by atoms with van der Waals surface area (Å²) in [5, 5.41) is 14.9. The highest BCUT2D eigenvalue weighted by atomic mass is 32.1. The molecule has 3 rings (SSSR count). The van der Waals surface area contributed by atoms with Crippen LogP contribution in [0.1, 0.15) is 15.9 Å². The first kappa shape index (κ1) is 16.7. The molecule has 0 atom stereocenters. The minimum Gasteiger partial charge on any atom is -0.455 e. The van der Waals surface area contributed by atoms with Gasteiger partial charge in [-0.1, -0.05) is 35.6 Å². The number of thiophene rings is 1. The highest BCUT2D eigenvalue weighted by Gasteiger charge is 2.16. The number of carbonyl (C=O) groups excluding carboxylic acids is 1. The molecule has 0 aliphatic heterocycles. The number of anilines is 1. The molecule has 1 heterocycles. The van der Waals surface area contributed by atoms with Gasteiger partial charge in [0.25, 0.3) is 5.91 Å². The summed E-state index contributed by atoms with van der Waals surface area (Å²) in [6.45, 7) is 1.96. The van der Waals surface area contributed by atoms with E-state index in [1.54, 1.807) is 24.3 Å². The average molecular weight is 354 g/mol. The molecule has 3 aromatic rings. The summed E-state index contributed by atoms with van der Waals surface area (Å²) in [6.07, 6.45) is 0. The number of nitrogens with one attached hydrogen (secondary N) is 1. The first-order valence-corrected chi connectivity index (χ1v) is 8.29. The van der Waals surface area contributed by atoms with Crippen molar-refractivity contribution >= 4 is 27.9 Å². The van der Waals surface area contributed by atoms with E-state index in [1.807, 2.05) is 31.2 Å². The van der Waals surface area contributed by atoms with Gasteiger partial charge in [0.2, 0.25) is 0 Å². The van der Waals surface area contributed by atoms with Crippen molar-refractivity contribution in [3.8, 4) is 11.5 Å². The van der Waals surface area contributed by atoms with Gasteiger partial charge in [0, 0.05) is 11.4 Å². The minimum atomic E-state index is -0.518. The van der Waals surface area contributed by atoms with E-state index in [9.17, 15) is 14.9 Å². The molecule has 7 heteroatoms. The fourth-order valence-electron chi connectivity index (χ4n) is 2.20. The van der Waals surface area contributed by atoms with Crippen LogP contribution in [0.15, 0.2) is 60.0 Å². The van der Waals surface area contributed by atoms with Gasteiger partial charge in [0.05, 0.1) is 16.2 Å². The van der Waals surface area contributed by atoms with Gasteiger partial charge in [0.1, 0.15) is 5.75 Å². The van der Waals surface area contributed by atoms with Crippen LogP contribution >= 0.6 is 11.3 Å². The van der Waals surface area contributed by atoms with Crippen LogP contribution in [-0.2, 0) is 0 Å². The summed E-state index contributed by atoms with van der Waals surface area (Å²) in [7, 11) is 0. The minimum absolute atomic E-state index is 0.0746. The fourth-order valence-corrected chi connectivity index (χ4v) is 2.90. The van der Waals surface area contributed by atoms with E-state index in [-0.39, 0.29) is 10.6 Å². The number of nitrogens with zero attached hydrogens (tertiary/aromatic N) is 1. The number of benzene rings is 2. The van der Waals surface area contributed by atoms with Crippen LogP contribution < -0.4 is 10.1 Å². The van der Waals surface area contributed by atoms with Crippen LogP contribution in [0.3, 0.4) is 0 Å². The molecule has 2 aromatic carbocycles. The van der Waals surface area contributed by atoms with Gasteiger partial charge in [-0.15, -0.1) is 0 Å². The topological polar surface area (TPSA) is 81.5 Å². The van der Waals surface area contributed by atoms with Gasteiger partial charge >= 0.3 is 5.00 Å². The van der Waals surface area contributed by atoms with Crippen molar-refractivity contribution < 1.29 is 14.5 Å². The van der Waals surface area contributed by atoms with Crippen molar-refractivity contribution in [1.29, 1.82) is 0 Å². The van der Waals surface area contributed by atoms with Gasteiger partial charge in [-0.25, -0.2) is 0 Å². The van der Waals surface area contributed by atoms with Crippen LogP contribution in [0, 0.1) is 17.0 Å². The Morgan fingerprint density at radius 2 is 1.96 bits per heavy atom. The number of amides is 1. The third-order valence-electron chi connectivity index (χ3n) is 3.38. The summed E-state index contributed by atoms with van der Waals surface area (Å²) in [6, 6.07) is 15.8. The number of carbonyl (C=O) groups is 1. The molecule has 0 unspecified atom stereocenters. The lowest BCUT2D eigenvalue weighted by molar-refractivity contribution is -0.380. The largest absolute Gasteiger partial charge is 0.455 e. The number of nitro groups is 1. The van der Waals surface area contributed by atoms with Crippen molar-refractivity contribution in [2.75, 3.05) is 5.32 Å².